The number of unbranched alkanes of at least 4 members (excludes halogenated alkanes) is 16. The Hall–Kier alpha value is -6.19. The van der Waals surface area contributed by atoms with Gasteiger partial charge in [0.15, 0.2) is 6.10 Å². The molecule has 0 fully saturated rings. The molecule has 0 aromatic heterocycles. The SMILES string of the molecule is CC/C=C\C/C=C\C/C=C\C/C=C\C/C=C\C/C=C\C/C=C\C/C=C\C/C=C\C/C=C\C/C=C\CCCCCCCC(=O)OC(COC(=O)CCCCCCCCCCCCC/C=C\C/C=C\C/C=C\C/C=C\C/C=C\C/C=C\C/C=C\C/C=C\C/C=C\CC)COP(=O)(O)OCCN. The molecule has 552 valence electrons. The smallest absolute Gasteiger partial charge is 0.462 e. The van der Waals surface area contributed by atoms with E-state index in [1.54, 1.807) is 0 Å². The molecular formula is C89H138NO8P. The maximum Gasteiger partial charge on any atom is 0.472 e. The number of allylic oxidation sites excluding steroid dienone is 40. The van der Waals surface area contributed by atoms with Crippen molar-refractivity contribution in [3.05, 3.63) is 243 Å². The molecule has 2 unspecified atom stereocenters. The summed E-state index contributed by atoms with van der Waals surface area (Å²) in [6, 6.07) is 0. The largest absolute Gasteiger partial charge is 0.472 e. The summed E-state index contributed by atoms with van der Waals surface area (Å²) in [6.07, 6.45) is 128. The quantitative estimate of drug-likeness (QED) is 0.0264. The van der Waals surface area contributed by atoms with E-state index in [0.717, 1.165) is 186 Å². The molecule has 0 spiro atoms. The van der Waals surface area contributed by atoms with Crippen LogP contribution >= 0.6 is 7.82 Å². The number of phosphoric ester groups is 1. The number of phosphoric acid groups is 1. The van der Waals surface area contributed by atoms with Crippen LogP contribution in [0.25, 0.3) is 0 Å². The van der Waals surface area contributed by atoms with Gasteiger partial charge in [-0.1, -0.05) is 334 Å². The highest BCUT2D eigenvalue weighted by atomic mass is 31.2. The summed E-state index contributed by atoms with van der Waals surface area (Å²) in [4.78, 5) is 35.4. The van der Waals surface area contributed by atoms with Gasteiger partial charge in [-0.25, -0.2) is 4.57 Å². The number of hydrogen-bond donors (Lipinski definition) is 2. The molecule has 0 aliphatic rings. The molecular weight excluding hydrogens is 1240 g/mol. The van der Waals surface area contributed by atoms with Crippen molar-refractivity contribution in [3.8, 4) is 0 Å². The fourth-order valence-corrected chi connectivity index (χ4v) is 10.4. The van der Waals surface area contributed by atoms with E-state index in [1.807, 2.05) is 0 Å². The highest BCUT2D eigenvalue weighted by molar-refractivity contribution is 7.47. The molecule has 0 aliphatic heterocycles. The first kappa shape index (κ1) is 92.8. The molecule has 0 radical (unpaired) electrons. The van der Waals surface area contributed by atoms with Gasteiger partial charge in [-0.2, -0.15) is 0 Å². The second-order valence-corrected chi connectivity index (χ2v) is 25.9. The van der Waals surface area contributed by atoms with Crippen molar-refractivity contribution in [2.24, 2.45) is 5.73 Å². The van der Waals surface area contributed by atoms with E-state index in [2.05, 4.69) is 257 Å². The second kappa shape index (κ2) is 80.8. The molecule has 0 bridgehead atoms. The van der Waals surface area contributed by atoms with Gasteiger partial charge in [0.1, 0.15) is 6.61 Å². The van der Waals surface area contributed by atoms with Gasteiger partial charge in [-0.05, 0) is 167 Å². The summed E-state index contributed by atoms with van der Waals surface area (Å²) in [5.41, 5.74) is 5.41. The zero-order chi connectivity index (χ0) is 71.5. The van der Waals surface area contributed by atoms with E-state index in [0.29, 0.717) is 12.8 Å². The molecule has 0 saturated carbocycles. The molecule has 0 heterocycles. The number of rotatable bonds is 69. The Balaban J connectivity index is 4.01. The van der Waals surface area contributed by atoms with Gasteiger partial charge in [-0.3, -0.25) is 18.6 Å². The molecule has 2 atom stereocenters. The molecule has 9 nitrogen and oxygen atoms in total. The second-order valence-electron chi connectivity index (χ2n) is 24.4. The first-order valence-electron chi connectivity index (χ1n) is 38.5. The number of nitrogens with two attached hydrogens (primary N) is 1. The summed E-state index contributed by atoms with van der Waals surface area (Å²) in [6.45, 7) is 3.47. The zero-order valence-corrected chi connectivity index (χ0v) is 63.0. The minimum atomic E-state index is -4.42. The maximum absolute atomic E-state index is 12.8. The average Bonchev–Trinajstić information content (AvgIpc) is 1.35. The van der Waals surface area contributed by atoms with Crippen LogP contribution in [0.15, 0.2) is 243 Å². The van der Waals surface area contributed by atoms with Crippen molar-refractivity contribution >= 4 is 19.8 Å². The Morgan fingerprint density at radius 1 is 0.303 bits per heavy atom. The average molecular weight is 1380 g/mol. The van der Waals surface area contributed by atoms with Crippen LogP contribution in [-0.2, 0) is 32.7 Å². The molecule has 99 heavy (non-hydrogen) atoms. The van der Waals surface area contributed by atoms with Crippen molar-refractivity contribution in [2.75, 3.05) is 26.4 Å². The zero-order valence-electron chi connectivity index (χ0n) is 62.1. The molecule has 10 heteroatoms. The van der Waals surface area contributed by atoms with Crippen LogP contribution in [0.4, 0.5) is 0 Å². The van der Waals surface area contributed by atoms with Gasteiger partial charge in [0.05, 0.1) is 13.2 Å². The molecule has 0 rings (SSSR count). The summed E-state index contributed by atoms with van der Waals surface area (Å²) in [7, 11) is -4.42. The summed E-state index contributed by atoms with van der Waals surface area (Å²) in [5.74, 6) is -0.869. The fourth-order valence-electron chi connectivity index (χ4n) is 9.63. The summed E-state index contributed by atoms with van der Waals surface area (Å²) < 4.78 is 33.2. The number of ether oxygens (including phenoxy) is 2. The Morgan fingerprint density at radius 2 is 0.525 bits per heavy atom. The van der Waals surface area contributed by atoms with E-state index >= 15 is 0 Å². The third-order valence-corrected chi connectivity index (χ3v) is 16.2. The summed E-state index contributed by atoms with van der Waals surface area (Å²) >= 11 is 0. The van der Waals surface area contributed by atoms with Crippen molar-refractivity contribution in [3.63, 3.8) is 0 Å². The molecule has 3 N–H and O–H groups in total. The highest BCUT2D eigenvalue weighted by Gasteiger charge is 2.26. The van der Waals surface area contributed by atoms with Crippen molar-refractivity contribution in [1.82, 2.24) is 0 Å². The molecule has 0 amide bonds. The van der Waals surface area contributed by atoms with Gasteiger partial charge in [-0.15, -0.1) is 0 Å². The standard InChI is InChI=1S/C89H138NO8P/c1-3-5-7-9-11-13-15-17-19-21-23-25-27-29-31-33-35-37-39-41-43-45-47-49-51-53-55-57-59-61-63-65-67-69-71-73-75-77-79-81-88(91)95-85-87(86-97-99(93,94)96-84-83-90)98-89(92)82-80-78-76-74-72-70-68-66-64-62-60-58-56-54-52-50-48-46-44-42-40-38-36-34-32-30-28-26-24-22-20-18-16-14-12-10-8-6-4-2/h5-8,11-14,17-20,23-26,29-32,35-38,41-44,47-50,53-56,60,62,66,68,87H,3-4,9-10,15-16,21-22,27-28,33-34,39-40,45-46,51-52,57-59,61,63-65,67,69-86,90H2,1-2H3,(H,93,94)/b7-5-,8-6-,13-11-,14-12-,19-17-,20-18-,25-23-,26-24-,31-29-,32-30-,37-35-,38-36-,43-41-,44-42-,49-47-,50-48-,55-53-,56-54-,62-60-,68-66-. The molecule has 0 saturated heterocycles. The lowest BCUT2D eigenvalue weighted by molar-refractivity contribution is -0.161. The normalized spacial score (nSPS) is 14.3. The minimum Gasteiger partial charge on any atom is -0.462 e. The van der Waals surface area contributed by atoms with Crippen LogP contribution < -0.4 is 5.73 Å². The number of carbonyl (C=O) groups is 2. The Morgan fingerprint density at radius 3 is 0.778 bits per heavy atom. The topological polar surface area (TPSA) is 134 Å². The minimum absolute atomic E-state index is 0.0373. The van der Waals surface area contributed by atoms with Gasteiger partial charge in [0.2, 0.25) is 0 Å². The number of esters is 2. The van der Waals surface area contributed by atoms with E-state index in [9.17, 15) is 19.0 Å². The third kappa shape index (κ3) is 80.7. The lowest BCUT2D eigenvalue weighted by atomic mass is 10.0. The predicted molar refractivity (Wildman–Crippen MR) is 430 cm³/mol. The number of hydrogen-bond acceptors (Lipinski definition) is 8. The molecule has 0 aliphatic carbocycles. The van der Waals surface area contributed by atoms with Crippen molar-refractivity contribution < 1.29 is 37.6 Å². The maximum atomic E-state index is 12.8. The van der Waals surface area contributed by atoms with Crippen LogP contribution in [0.2, 0.25) is 0 Å². The van der Waals surface area contributed by atoms with Gasteiger partial charge < -0.3 is 20.1 Å². The number of carbonyl (C=O) groups excluding carboxylic acids is 2. The van der Waals surface area contributed by atoms with E-state index in [4.69, 9.17) is 24.3 Å². The van der Waals surface area contributed by atoms with Crippen LogP contribution in [0.3, 0.4) is 0 Å². The van der Waals surface area contributed by atoms with E-state index in [-0.39, 0.29) is 32.6 Å². The lowest BCUT2D eigenvalue weighted by Crippen LogP contribution is -2.29. The highest BCUT2D eigenvalue weighted by Crippen LogP contribution is 2.43. The van der Waals surface area contributed by atoms with Gasteiger partial charge >= 0.3 is 19.8 Å². The van der Waals surface area contributed by atoms with Crippen LogP contribution in [0.5, 0.6) is 0 Å². The van der Waals surface area contributed by atoms with Gasteiger partial charge in [0, 0.05) is 19.4 Å². The van der Waals surface area contributed by atoms with Crippen LogP contribution in [0, 0.1) is 0 Å². The first-order valence-corrected chi connectivity index (χ1v) is 40.0. The van der Waals surface area contributed by atoms with Crippen molar-refractivity contribution in [2.45, 2.75) is 277 Å². The van der Waals surface area contributed by atoms with Crippen LogP contribution in [0.1, 0.15) is 271 Å². The van der Waals surface area contributed by atoms with Crippen molar-refractivity contribution in [1.29, 1.82) is 0 Å². The predicted octanol–water partition coefficient (Wildman–Crippen LogP) is 26.3. The first-order chi connectivity index (χ1) is 48.8. The fraction of sp³-hybridized carbons (Fsp3) is 0.528. The van der Waals surface area contributed by atoms with E-state index in [1.165, 1.54) is 44.9 Å². The third-order valence-electron chi connectivity index (χ3n) is 15.2. The molecule has 0 aromatic rings. The summed E-state index contributed by atoms with van der Waals surface area (Å²) in [5, 5.41) is 0. The Kier molecular flexibility index (Phi) is 75.7. The van der Waals surface area contributed by atoms with E-state index < -0.39 is 32.5 Å². The Bertz CT molecular complexity index is 2530. The Labute approximate surface area is 606 Å². The monoisotopic (exact) mass is 1380 g/mol. The lowest BCUT2D eigenvalue weighted by Gasteiger charge is -2.19. The van der Waals surface area contributed by atoms with Crippen LogP contribution in [-0.4, -0.2) is 49.3 Å². The van der Waals surface area contributed by atoms with Gasteiger partial charge in [0.25, 0.3) is 0 Å². The molecule has 0 aromatic carbocycles.